The van der Waals surface area contributed by atoms with Crippen molar-refractivity contribution in [3.05, 3.63) is 42.1 Å². The van der Waals surface area contributed by atoms with Crippen LogP contribution in [0.1, 0.15) is 12.1 Å². The van der Waals surface area contributed by atoms with Crippen LogP contribution in [0, 0.1) is 11.7 Å². The highest BCUT2D eigenvalue weighted by atomic mass is 19.1. The summed E-state index contributed by atoms with van der Waals surface area (Å²) >= 11 is 0. The van der Waals surface area contributed by atoms with Gasteiger partial charge in [-0.3, -0.25) is 4.79 Å². The Morgan fingerprint density at radius 2 is 2.11 bits per heavy atom. The summed E-state index contributed by atoms with van der Waals surface area (Å²) in [6.07, 6.45) is 2.83. The summed E-state index contributed by atoms with van der Waals surface area (Å²) in [7, 11) is 0. The van der Waals surface area contributed by atoms with E-state index in [0.29, 0.717) is 19.4 Å². The van der Waals surface area contributed by atoms with Crippen molar-refractivity contribution in [2.75, 3.05) is 0 Å². The first-order chi connectivity index (χ1) is 9.15. The second-order valence-electron chi connectivity index (χ2n) is 4.77. The number of carboxylic acids is 1. The maximum atomic E-state index is 12.9. The number of nitrogens with zero attached hydrogens (tertiary/aromatic N) is 2. The highest BCUT2D eigenvalue weighted by molar-refractivity contribution is 5.71. The van der Waals surface area contributed by atoms with E-state index in [1.54, 1.807) is 18.5 Å². The number of aryl methyl sites for hydroxylation is 1. The van der Waals surface area contributed by atoms with E-state index in [1.807, 2.05) is 4.57 Å². The van der Waals surface area contributed by atoms with Crippen molar-refractivity contribution < 1.29 is 14.3 Å². The molecule has 1 aliphatic rings. The molecule has 19 heavy (non-hydrogen) atoms. The molecule has 98 valence electrons. The van der Waals surface area contributed by atoms with Crippen LogP contribution in [-0.4, -0.2) is 20.6 Å². The smallest absolute Gasteiger partial charge is 0.306 e. The third kappa shape index (κ3) is 2.12. The Balaban J connectivity index is 1.99. The van der Waals surface area contributed by atoms with Gasteiger partial charge in [-0.1, -0.05) is 0 Å². The number of carboxylic acid groups (broad SMARTS) is 1. The van der Waals surface area contributed by atoms with Gasteiger partial charge in [0.2, 0.25) is 0 Å². The molecule has 0 fully saturated rings. The van der Waals surface area contributed by atoms with Gasteiger partial charge in [0, 0.05) is 24.2 Å². The second-order valence-corrected chi connectivity index (χ2v) is 4.77. The number of benzene rings is 1. The van der Waals surface area contributed by atoms with E-state index in [4.69, 9.17) is 5.11 Å². The number of fused-ring (bicyclic) bond motifs is 1. The van der Waals surface area contributed by atoms with Gasteiger partial charge in [-0.2, -0.15) is 0 Å². The van der Waals surface area contributed by atoms with Gasteiger partial charge in [-0.05, 0) is 30.7 Å². The fourth-order valence-electron chi connectivity index (χ4n) is 2.50. The molecular formula is C14H13FN2O2. The zero-order valence-electron chi connectivity index (χ0n) is 10.2. The summed E-state index contributed by atoms with van der Waals surface area (Å²) in [6.45, 7) is 0.667. The van der Waals surface area contributed by atoms with Crippen LogP contribution in [0.25, 0.3) is 11.3 Å². The standard InChI is InChI=1S/C14H13FN2O2/c15-11-3-1-9(2-4-11)13-12-7-10(14(18)19)5-6-17(12)8-16-13/h1-4,8,10H,5-7H2,(H,18,19). The molecule has 1 aliphatic heterocycles. The van der Waals surface area contributed by atoms with E-state index in [9.17, 15) is 9.18 Å². The third-order valence-electron chi connectivity index (χ3n) is 3.57. The lowest BCUT2D eigenvalue weighted by molar-refractivity contribution is -0.142. The summed E-state index contributed by atoms with van der Waals surface area (Å²) in [6, 6.07) is 6.11. The minimum absolute atomic E-state index is 0.291. The molecule has 5 heteroatoms. The van der Waals surface area contributed by atoms with Crippen LogP contribution in [0.5, 0.6) is 0 Å². The Morgan fingerprint density at radius 1 is 1.37 bits per heavy atom. The van der Waals surface area contributed by atoms with Crippen LogP contribution in [-0.2, 0) is 17.8 Å². The van der Waals surface area contributed by atoms with Gasteiger partial charge in [0.05, 0.1) is 17.9 Å². The molecule has 0 bridgehead atoms. The molecule has 0 saturated carbocycles. The quantitative estimate of drug-likeness (QED) is 0.901. The molecule has 0 aliphatic carbocycles. The first-order valence-electron chi connectivity index (χ1n) is 6.18. The first kappa shape index (κ1) is 11.9. The van der Waals surface area contributed by atoms with Crippen LogP contribution < -0.4 is 0 Å². The molecule has 0 amide bonds. The van der Waals surface area contributed by atoms with Gasteiger partial charge in [0.25, 0.3) is 0 Å². The number of carbonyl (C=O) groups is 1. The van der Waals surface area contributed by atoms with Gasteiger partial charge >= 0.3 is 5.97 Å². The summed E-state index contributed by atoms with van der Waals surface area (Å²) in [5, 5.41) is 9.12. The first-order valence-corrected chi connectivity index (χ1v) is 6.18. The molecular weight excluding hydrogens is 247 g/mol. The highest BCUT2D eigenvalue weighted by Gasteiger charge is 2.27. The molecule has 1 aromatic carbocycles. The number of hydrogen-bond donors (Lipinski definition) is 1. The monoisotopic (exact) mass is 260 g/mol. The topological polar surface area (TPSA) is 55.1 Å². The SMILES string of the molecule is O=C(O)C1CCn2cnc(-c3ccc(F)cc3)c2C1. The average Bonchev–Trinajstić information content (AvgIpc) is 2.82. The molecule has 0 saturated heterocycles. The average molecular weight is 260 g/mol. The van der Waals surface area contributed by atoms with Crippen molar-refractivity contribution in [3.63, 3.8) is 0 Å². The summed E-state index contributed by atoms with van der Waals surface area (Å²) < 4.78 is 14.9. The van der Waals surface area contributed by atoms with E-state index in [0.717, 1.165) is 17.0 Å². The van der Waals surface area contributed by atoms with Crippen molar-refractivity contribution in [3.8, 4) is 11.3 Å². The van der Waals surface area contributed by atoms with E-state index in [1.165, 1.54) is 12.1 Å². The minimum Gasteiger partial charge on any atom is -0.481 e. The number of aliphatic carboxylic acids is 1. The zero-order valence-corrected chi connectivity index (χ0v) is 10.2. The van der Waals surface area contributed by atoms with Gasteiger partial charge in [0.1, 0.15) is 5.82 Å². The second kappa shape index (κ2) is 4.50. The van der Waals surface area contributed by atoms with E-state index in [-0.39, 0.29) is 11.7 Å². The Bertz CT molecular complexity index is 619. The Morgan fingerprint density at radius 3 is 2.79 bits per heavy atom. The van der Waals surface area contributed by atoms with Crippen LogP contribution in [0.4, 0.5) is 4.39 Å². The lowest BCUT2D eigenvalue weighted by atomic mass is 9.94. The summed E-state index contributed by atoms with van der Waals surface area (Å²) in [4.78, 5) is 15.4. The van der Waals surface area contributed by atoms with Crippen molar-refractivity contribution in [2.24, 2.45) is 5.92 Å². The maximum absolute atomic E-state index is 12.9. The third-order valence-corrected chi connectivity index (χ3v) is 3.57. The molecule has 2 aromatic rings. The largest absolute Gasteiger partial charge is 0.481 e. The molecule has 4 nitrogen and oxygen atoms in total. The molecule has 1 atom stereocenters. The van der Waals surface area contributed by atoms with Crippen molar-refractivity contribution >= 4 is 5.97 Å². The summed E-state index contributed by atoms with van der Waals surface area (Å²) in [5.74, 6) is -1.42. The minimum atomic E-state index is -0.766. The Hall–Kier alpha value is -2.17. The predicted molar refractivity (Wildman–Crippen MR) is 67.1 cm³/mol. The molecule has 1 unspecified atom stereocenters. The van der Waals surface area contributed by atoms with E-state index in [2.05, 4.69) is 4.98 Å². The van der Waals surface area contributed by atoms with Gasteiger partial charge in [0.15, 0.2) is 0 Å². The molecule has 1 aromatic heterocycles. The Labute approximate surface area is 109 Å². The maximum Gasteiger partial charge on any atom is 0.306 e. The van der Waals surface area contributed by atoms with Gasteiger partial charge in [-0.25, -0.2) is 9.37 Å². The van der Waals surface area contributed by atoms with Crippen LogP contribution in [0.15, 0.2) is 30.6 Å². The van der Waals surface area contributed by atoms with E-state index < -0.39 is 5.97 Å². The number of imidazole rings is 1. The summed E-state index contributed by atoms with van der Waals surface area (Å²) in [5.41, 5.74) is 2.50. The zero-order chi connectivity index (χ0) is 13.4. The normalized spacial score (nSPS) is 18.1. The highest BCUT2D eigenvalue weighted by Crippen LogP contribution is 2.29. The van der Waals surface area contributed by atoms with E-state index >= 15 is 0 Å². The molecule has 2 heterocycles. The molecule has 1 N–H and O–H groups in total. The molecule has 0 radical (unpaired) electrons. The number of rotatable bonds is 2. The van der Waals surface area contributed by atoms with Gasteiger partial charge in [-0.15, -0.1) is 0 Å². The predicted octanol–water partition coefficient (Wildman–Crippen LogP) is 2.34. The van der Waals surface area contributed by atoms with Crippen molar-refractivity contribution in [1.82, 2.24) is 9.55 Å². The van der Waals surface area contributed by atoms with Crippen LogP contribution in [0.2, 0.25) is 0 Å². The number of hydrogen-bond acceptors (Lipinski definition) is 2. The van der Waals surface area contributed by atoms with Crippen molar-refractivity contribution in [2.45, 2.75) is 19.4 Å². The lowest BCUT2D eigenvalue weighted by Crippen LogP contribution is -2.25. The number of aromatic nitrogens is 2. The van der Waals surface area contributed by atoms with Gasteiger partial charge < -0.3 is 9.67 Å². The Kier molecular flexibility index (Phi) is 2.81. The van der Waals surface area contributed by atoms with Crippen LogP contribution >= 0.6 is 0 Å². The number of halogens is 1. The fraction of sp³-hybridized carbons (Fsp3) is 0.286. The molecule has 3 rings (SSSR count). The lowest BCUT2D eigenvalue weighted by Gasteiger charge is -2.21. The molecule has 0 spiro atoms. The van der Waals surface area contributed by atoms with Crippen LogP contribution in [0.3, 0.4) is 0 Å². The fourth-order valence-corrected chi connectivity index (χ4v) is 2.50. The van der Waals surface area contributed by atoms with Crippen molar-refractivity contribution in [1.29, 1.82) is 0 Å².